The van der Waals surface area contributed by atoms with E-state index in [-0.39, 0.29) is 28.9 Å². The van der Waals surface area contributed by atoms with Gasteiger partial charge in [0.1, 0.15) is 5.82 Å². The molecule has 0 N–H and O–H groups in total. The van der Waals surface area contributed by atoms with Crippen molar-refractivity contribution in [2.45, 2.75) is 18.9 Å². The van der Waals surface area contributed by atoms with E-state index in [0.29, 0.717) is 19.6 Å². The van der Waals surface area contributed by atoms with Crippen LogP contribution < -0.4 is 5.56 Å². The number of nitrogens with zero attached hydrogens (tertiary/aromatic N) is 2. The van der Waals surface area contributed by atoms with Crippen molar-refractivity contribution in [2.75, 3.05) is 13.1 Å². The van der Waals surface area contributed by atoms with Gasteiger partial charge in [0.15, 0.2) is 0 Å². The first-order valence-corrected chi connectivity index (χ1v) is 7.87. The summed E-state index contributed by atoms with van der Waals surface area (Å²) in [5.41, 5.74) is 1.13. The van der Waals surface area contributed by atoms with E-state index in [4.69, 9.17) is 0 Å². The number of carbonyl (C=O) groups is 1. The Kier molecular flexibility index (Phi) is 3.29. The number of likely N-dealkylation sites (tertiary alicyclic amines) is 1. The first-order valence-electron chi connectivity index (χ1n) is 7.87. The van der Waals surface area contributed by atoms with E-state index >= 15 is 0 Å². The summed E-state index contributed by atoms with van der Waals surface area (Å²) in [5.74, 6) is -0.349. The van der Waals surface area contributed by atoms with Crippen LogP contribution in [0.1, 0.15) is 28.4 Å². The number of carbonyl (C=O) groups excluding carboxylic acids is 1. The number of piperidine rings is 1. The summed E-state index contributed by atoms with van der Waals surface area (Å²) in [5, 5.41) is 0. The number of hydrogen-bond acceptors (Lipinski definition) is 2. The van der Waals surface area contributed by atoms with Crippen LogP contribution in [0.3, 0.4) is 0 Å². The molecule has 0 aliphatic carbocycles. The average Bonchev–Trinajstić information content (AvgIpc) is 2.55. The number of pyridine rings is 1. The molecule has 118 valence electrons. The lowest BCUT2D eigenvalue weighted by Crippen LogP contribution is -2.49. The lowest BCUT2D eigenvalue weighted by atomic mass is 9.83. The van der Waals surface area contributed by atoms with E-state index in [1.807, 2.05) is 10.6 Å². The predicted octanol–water partition coefficient (Wildman–Crippen LogP) is 2.25. The van der Waals surface area contributed by atoms with Crippen molar-refractivity contribution < 1.29 is 9.18 Å². The fourth-order valence-corrected chi connectivity index (χ4v) is 3.87. The molecule has 0 saturated carbocycles. The Morgan fingerprint density at radius 3 is 2.70 bits per heavy atom. The molecular formula is C18H17FN2O2. The van der Waals surface area contributed by atoms with Crippen LogP contribution in [0.4, 0.5) is 4.39 Å². The Hall–Kier alpha value is -2.43. The SMILES string of the molecule is O=C(c1ccccc1F)N1C[C@H]2C[C@H](C1)c1cccc(=O)n1C2. The summed E-state index contributed by atoms with van der Waals surface area (Å²) in [6.07, 6.45) is 0.977. The highest BCUT2D eigenvalue weighted by Crippen LogP contribution is 2.35. The second kappa shape index (κ2) is 5.33. The minimum Gasteiger partial charge on any atom is -0.338 e. The molecule has 2 atom stereocenters. The molecule has 0 spiro atoms. The molecule has 23 heavy (non-hydrogen) atoms. The molecule has 0 unspecified atom stereocenters. The third-order valence-corrected chi connectivity index (χ3v) is 4.87. The van der Waals surface area contributed by atoms with Gasteiger partial charge < -0.3 is 9.47 Å². The highest BCUT2D eigenvalue weighted by molar-refractivity contribution is 5.94. The molecule has 2 aromatic rings. The number of halogens is 1. The minimum absolute atomic E-state index is 0.0195. The number of benzene rings is 1. The van der Waals surface area contributed by atoms with E-state index in [1.165, 1.54) is 12.1 Å². The van der Waals surface area contributed by atoms with Crippen molar-refractivity contribution in [3.8, 4) is 0 Å². The van der Waals surface area contributed by atoms with Crippen molar-refractivity contribution in [2.24, 2.45) is 5.92 Å². The Labute approximate surface area is 133 Å². The van der Waals surface area contributed by atoms with Crippen LogP contribution >= 0.6 is 0 Å². The third-order valence-electron chi connectivity index (χ3n) is 4.87. The quantitative estimate of drug-likeness (QED) is 0.810. The highest BCUT2D eigenvalue weighted by atomic mass is 19.1. The Morgan fingerprint density at radius 2 is 1.87 bits per heavy atom. The summed E-state index contributed by atoms with van der Waals surface area (Å²) in [7, 11) is 0. The molecule has 1 aromatic carbocycles. The average molecular weight is 312 g/mol. The van der Waals surface area contributed by atoms with E-state index in [2.05, 4.69) is 0 Å². The molecule has 5 heteroatoms. The molecule has 2 aliphatic heterocycles. The first kappa shape index (κ1) is 14.2. The number of amides is 1. The van der Waals surface area contributed by atoms with Crippen LogP contribution in [0.5, 0.6) is 0 Å². The molecule has 4 nitrogen and oxygen atoms in total. The maximum Gasteiger partial charge on any atom is 0.256 e. The maximum absolute atomic E-state index is 13.9. The van der Waals surface area contributed by atoms with Gasteiger partial charge in [0.25, 0.3) is 11.5 Å². The predicted molar refractivity (Wildman–Crippen MR) is 83.9 cm³/mol. The lowest BCUT2D eigenvalue weighted by molar-refractivity contribution is 0.0590. The van der Waals surface area contributed by atoms with Gasteiger partial charge in [0.05, 0.1) is 5.56 Å². The number of hydrogen-bond donors (Lipinski definition) is 0. The van der Waals surface area contributed by atoms with E-state index in [0.717, 1.165) is 12.1 Å². The van der Waals surface area contributed by atoms with E-state index < -0.39 is 5.82 Å². The summed E-state index contributed by atoms with van der Waals surface area (Å²) in [6, 6.07) is 11.4. The van der Waals surface area contributed by atoms with Crippen molar-refractivity contribution in [3.63, 3.8) is 0 Å². The zero-order valence-corrected chi connectivity index (χ0v) is 12.6. The van der Waals surface area contributed by atoms with Crippen LogP contribution in [0.15, 0.2) is 47.3 Å². The Bertz CT molecular complexity index is 830. The van der Waals surface area contributed by atoms with Crippen LogP contribution in [-0.4, -0.2) is 28.5 Å². The van der Waals surface area contributed by atoms with E-state index in [9.17, 15) is 14.0 Å². The summed E-state index contributed by atoms with van der Waals surface area (Å²) in [6.45, 7) is 1.74. The number of fused-ring (bicyclic) bond motifs is 4. The Morgan fingerprint density at radius 1 is 1.04 bits per heavy atom. The molecular weight excluding hydrogens is 295 g/mol. The van der Waals surface area contributed by atoms with Crippen LogP contribution in [-0.2, 0) is 6.54 Å². The summed E-state index contributed by atoms with van der Waals surface area (Å²) < 4.78 is 15.7. The van der Waals surface area contributed by atoms with Gasteiger partial charge in [-0.25, -0.2) is 4.39 Å². The zero-order valence-electron chi connectivity index (χ0n) is 12.6. The fraction of sp³-hybridized carbons (Fsp3) is 0.333. The van der Waals surface area contributed by atoms with Gasteiger partial charge in [0.2, 0.25) is 0 Å². The number of rotatable bonds is 1. The van der Waals surface area contributed by atoms with Gasteiger partial charge in [-0.1, -0.05) is 18.2 Å². The van der Waals surface area contributed by atoms with Crippen LogP contribution in [0.25, 0.3) is 0 Å². The summed E-state index contributed by atoms with van der Waals surface area (Å²) >= 11 is 0. The van der Waals surface area contributed by atoms with Gasteiger partial charge >= 0.3 is 0 Å². The second-order valence-electron chi connectivity index (χ2n) is 6.39. The normalized spacial score (nSPS) is 22.6. The van der Waals surface area contributed by atoms with Gasteiger partial charge in [-0.2, -0.15) is 0 Å². The van der Waals surface area contributed by atoms with Gasteiger partial charge in [-0.05, 0) is 30.5 Å². The molecule has 2 bridgehead atoms. The topological polar surface area (TPSA) is 42.3 Å². The lowest BCUT2D eigenvalue weighted by Gasteiger charge is -2.42. The zero-order chi connectivity index (χ0) is 16.0. The number of aromatic nitrogens is 1. The molecule has 1 amide bonds. The van der Waals surface area contributed by atoms with Gasteiger partial charge in [0, 0.05) is 37.3 Å². The standard InChI is InChI=1S/C18H17FN2O2/c19-15-5-2-1-4-14(15)18(23)20-9-12-8-13(11-20)16-6-3-7-17(22)21(16)10-12/h1-7,12-13H,8-11H2/t12-,13-/m1/s1. The molecule has 2 aliphatic rings. The van der Waals surface area contributed by atoms with Crippen molar-refractivity contribution in [3.05, 3.63) is 69.9 Å². The molecule has 4 rings (SSSR count). The molecule has 1 fully saturated rings. The molecule has 3 heterocycles. The van der Waals surface area contributed by atoms with Gasteiger partial charge in [-0.15, -0.1) is 0 Å². The van der Waals surface area contributed by atoms with Crippen LogP contribution in [0, 0.1) is 11.7 Å². The maximum atomic E-state index is 13.9. The smallest absolute Gasteiger partial charge is 0.256 e. The molecule has 1 saturated heterocycles. The van der Waals surface area contributed by atoms with E-state index in [1.54, 1.807) is 29.2 Å². The van der Waals surface area contributed by atoms with Crippen LogP contribution in [0.2, 0.25) is 0 Å². The summed E-state index contributed by atoms with van der Waals surface area (Å²) in [4.78, 5) is 26.4. The monoisotopic (exact) mass is 312 g/mol. The first-order chi connectivity index (χ1) is 11.1. The second-order valence-corrected chi connectivity index (χ2v) is 6.39. The largest absolute Gasteiger partial charge is 0.338 e. The minimum atomic E-state index is -0.482. The molecule has 0 radical (unpaired) electrons. The fourth-order valence-electron chi connectivity index (χ4n) is 3.87. The van der Waals surface area contributed by atoms with Gasteiger partial charge in [-0.3, -0.25) is 9.59 Å². The third kappa shape index (κ3) is 2.36. The Balaban J connectivity index is 1.65. The molecule has 1 aromatic heterocycles. The van der Waals surface area contributed by atoms with Crippen molar-refractivity contribution in [1.82, 2.24) is 9.47 Å². The highest BCUT2D eigenvalue weighted by Gasteiger charge is 2.36. The van der Waals surface area contributed by atoms with Crippen molar-refractivity contribution in [1.29, 1.82) is 0 Å². The van der Waals surface area contributed by atoms with Crippen molar-refractivity contribution >= 4 is 5.91 Å².